The first kappa shape index (κ1) is 14.8. The molecule has 0 saturated carbocycles. The summed E-state index contributed by atoms with van der Waals surface area (Å²) < 4.78 is 11.1. The molecule has 108 valence electrons. The third-order valence-electron chi connectivity index (χ3n) is 2.75. The van der Waals surface area contributed by atoms with Crippen LogP contribution in [-0.4, -0.2) is 23.3 Å². The molecular weight excluding hydrogens is 274 g/mol. The number of ether oxygens (including phenoxy) is 2. The van der Waals surface area contributed by atoms with Crippen LogP contribution in [0.5, 0.6) is 11.5 Å². The molecule has 0 bridgehead atoms. The maximum Gasteiger partial charge on any atom is 0.161 e. The summed E-state index contributed by atoms with van der Waals surface area (Å²) in [6, 6.07) is 5.48. The highest BCUT2D eigenvalue weighted by Gasteiger charge is 2.16. The Bertz CT molecular complexity index is 568. The summed E-state index contributed by atoms with van der Waals surface area (Å²) in [7, 11) is 0. The van der Waals surface area contributed by atoms with Crippen molar-refractivity contribution in [2.24, 2.45) is 0 Å². The summed E-state index contributed by atoms with van der Waals surface area (Å²) in [5.41, 5.74) is 1.67. The molecule has 0 fully saturated rings. The maximum absolute atomic E-state index is 10.4. The number of benzene rings is 1. The summed E-state index contributed by atoms with van der Waals surface area (Å²) in [5, 5.41) is 13.0. The van der Waals surface area contributed by atoms with Crippen molar-refractivity contribution < 1.29 is 14.6 Å². The zero-order chi connectivity index (χ0) is 14.5. The molecule has 5 heteroatoms. The van der Waals surface area contributed by atoms with Crippen molar-refractivity contribution in [1.82, 2.24) is 4.98 Å². The Morgan fingerprint density at radius 2 is 1.90 bits per heavy atom. The Morgan fingerprint density at radius 1 is 1.20 bits per heavy atom. The fourth-order valence-electron chi connectivity index (χ4n) is 1.88. The minimum absolute atomic E-state index is 0.552. The lowest BCUT2D eigenvalue weighted by molar-refractivity contribution is 0.218. The number of aromatic nitrogens is 1. The van der Waals surface area contributed by atoms with Crippen LogP contribution in [0.15, 0.2) is 23.6 Å². The minimum Gasteiger partial charge on any atom is -0.490 e. The zero-order valence-corrected chi connectivity index (χ0v) is 12.7. The van der Waals surface area contributed by atoms with Crippen molar-refractivity contribution in [1.29, 1.82) is 0 Å². The highest BCUT2D eigenvalue weighted by molar-refractivity contribution is 7.09. The van der Waals surface area contributed by atoms with Crippen LogP contribution in [0.2, 0.25) is 0 Å². The Morgan fingerprint density at radius 3 is 2.50 bits per heavy atom. The average Bonchev–Trinajstić information content (AvgIpc) is 2.87. The minimum atomic E-state index is -0.733. The summed E-state index contributed by atoms with van der Waals surface area (Å²) in [5.74, 6) is 1.35. The molecule has 1 atom stereocenters. The number of aliphatic hydroxyl groups excluding tert-OH is 1. The van der Waals surface area contributed by atoms with E-state index in [0.717, 1.165) is 11.3 Å². The van der Waals surface area contributed by atoms with Crippen LogP contribution in [0.1, 0.15) is 36.2 Å². The smallest absolute Gasteiger partial charge is 0.161 e. The van der Waals surface area contributed by atoms with Crippen LogP contribution in [0, 0.1) is 6.92 Å². The molecule has 1 aromatic heterocycles. The predicted molar refractivity (Wildman–Crippen MR) is 79.7 cm³/mol. The van der Waals surface area contributed by atoms with E-state index in [1.807, 2.05) is 44.4 Å². The third kappa shape index (κ3) is 3.29. The SMILES string of the molecule is CCOc1ccc(C(O)c2nc(C)cs2)cc1OCC. The van der Waals surface area contributed by atoms with Crippen molar-refractivity contribution >= 4 is 11.3 Å². The molecule has 4 nitrogen and oxygen atoms in total. The van der Waals surface area contributed by atoms with E-state index < -0.39 is 6.10 Å². The highest BCUT2D eigenvalue weighted by Crippen LogP contribution is 2.33. The Labute approximate surface area is 123 Å². The van der Waals surface area contributed by atoms with Crippen molar-refractivity contribution in [3.8, 4) is 11.5 Å². The van der Waals surface area contributed by atoms with Crippen LogP contribution >= 0.6 is 11.3 Å². The number of aliphatic hydroxyl groups is 1. The van der Waals surface area contributed by atoms with E-state index in [1.54, 1.807) is 0 Å². The molecule has 0 aliphatic heterocycles. The van der Waals surface area contributed by atoms with Gasteiger partial charge < -0.3 is 14.6 Å². The van der Waals surface area contributed by atoms with E-state index in [9.17, 15) is 5.11 Å². The number of hydrogen-bond donors (Lipinski definition) is 1. The van der Waals surface area contributed by atoms with Crippen molar-refractivity contribution in [2.75, 3.05) is 13.2 Å². The van der Waals surface area contributed by atoms with Crippen LogP contribution in [0.25, 0.3) is 0 Å². The highest BCUT2D eigenvalue weighted by atomic mass is 32.1. The van der Waals surface area contributed by atoms with Gasteiger partial charge in [-0.3, -0.25) is 0 Å². The largest absolute Gasteiger partial charge is 0.490 e. The number of thiazole rings is 1. The predicted octanol–water partition coefficient (Wildman–Crippen LogP) is 3.33. The summed E-state index contributed by atoms with van der Waals surface area (Å²) in [4.78, 5) is 4.32. The van der Waals surface area contributed by atoms with Gasteiger partial charge in [0.15, 0.2) is 11.5 Å². The van der Waals surface area contributed by atoms with Gasteiger partial charge in [0.1, 0.15) is 11.1 Å². The van der Waals surface area contributed by atoms with E-state index in [0.29, 0.717) is 29.7 Å². The second kappa shape index (κ2) is 6.72. The number of nitrogens with zero attached hydrogens (tertiary/aromatic N) is 1. The number of aryl methyl sites for hydroxylation is 1. The van der Waals surface area contributed by atoms with E-state index >= 15 is 0 Å². The molecule has 0 aliphatic carbocycles. The Kier molecular flexibility index (Phi) is 4.98. The van der Waals surface area contributed by atoms with Gasteiger partial charge in [0.25, 0.3) is 0 Å². The van der Waals surface area contributed by atoms with E-state index in [1.165, 1.54) is 11.3 Å². The van der Waals surface area contributed by atoms with Crippen LogP contribution in [0.4, 0.5) is 0 Å². The van der Waals surface area contributed by atoms with Gasteiger partial charge in [-0.1, -0.05) is 6.07 Å². The second-order valence-electron chi connectivity index (χ2n) is 4.30. The Hall–Kier alpha value is -1.59. The standard InChI is InChI=1S/C15H19NO3S/c1-4-18-12-7-6-11(8-13(12)19-5-2)14(17)15-16-10(3)9-20-15/h6-9,14,17H,4-5H2,1-3H3. The lowest BCUT2D eigenvalue weighted by atomic mass is 10.1. The molecule has 2 rings (SSSR count). The fourth-order valence-corrected chi connectivity index (χ4v) is 2.68. The molecule has 20 heavy (non-hydrogen) atoms. The normalized spacial score (nSPS) is 12.2. The Balaban J connectivity index is 2.29. The molecule has 2 aromatic rings. The topological polar surface area (TPSA) is 51.6 Å². The van der Waals surface area contributed by atoms with Gasteiger partial charge in [0, 0.05) is 11.1 Å². The van der Waals surface area contributed by atoms with Gasteiger partial charge in [0.05, 0.1) is 13.2 Å². The summed E-state index contributed by atoms with van der Waals surface area (Å²) >= 11 is 1.45. The fraction of sp³-hybridized carbons (Fsp3) is 0.400. The van der Waals surface area contributed by atoms with E-state index in [-0.39, 0.29) is 0 Å². The van der Waals surface area contributed by atoms with Crippen LogP contribution in [-0.2, 0) is 0 Å². The first-order chi connectivity index (χ1) is 9.65. The monoisotopic (exact) mass is 293 g/mol. The lowest BCUT2D eigenvalue weighted by Gasteiger charge is -2.14. The first-order valence-electron chi connectivity index (χ1n) is 6.65. The third-order valence-corrected chi connectivity index (χ3v) is 3.77. The summed E-state index contributed by atoms with van der Waals surface area (Å²) in [6.07, 6.45) is -0.733. The molecule has 1 heterocycles. The molecule has 1 unspecified atom stereocenters. The van der Waals surface area contributed by atoms with Gasteiger partial charge >= 0.3 is 0 Å². The van der Waals surface area contributed by atoms with Crippen LogP contribution in [0.3, 0.4) is 0 Å². The molecule has 0 aliphatic rings. The van der Waals surface area contributed by atoms with Crippen molar-refractivity contribution in [3.63, 3.8) is 0 Å². The van der Waals surface area contributed by atoms with Crippen molar-refractivity contribution in [2.45, 2.75) is 26.9 Å². The molecule has 0 amide bonds. The molecular formula is C15H19NO3S. The van der Waals surface area contributed by atoms with Gasteiger partial charge in [-0.2, -0.15) is 0 Å². The van der Waals surface area contributed by atoms with Crippen LogP contribution < -0.4 is 9.47 Å². The van der Waals surface area contributed by atoms with E-state index in [4.69, 9.17) is 9.47 Å². The lowest BCUT2D eigenvalue weighted by Crippen LogP contribution is -2.03. The molecule has 1 aromatic carbocycles. The van der Waals surface area contributed by atoms with E-state index in [2.05, 4.69) is 4.98 Å². The number of hydrogen-bond acceptors (Lipinski definition) is 5. The van der Waals surface area contributed by atoms with Gasteiger partial charge in [-0.15, -0.1) is 11.3 Å². The molecule has 0 radical (unpaired) electrons. The van der Waals surface area contributed by atoms with Gasteiger partial charge in [0.2, 0.25) is 0 Å². The van der Waals surface area contributed by atoms with Gasteiger partial charge in [-0.05, 0) is 38.5 Å². The summed E-state index contributed by atoms with van der Waals surface area (Å²) in [6.45, 7) is 6.89. The van der Waals surface area contributed by atoms with Gasteiger partial charge in [-0.25, -0.2) is 4.98 Å². The quantitative estimate of drug-likeness (QED) is 0.887. The zero-order valence-electron chi connectivity index (χ0n) is 11.9. The molecule has 1 N–H and O–H groups in total. The number of rotatable bonds is 6. The second-order valence-corrected chi connectivity index (χ2v) is 5.19. The van der Waals surface area contributed by atoms with Crippen molar-refractivity contribution in [3.05, 3.63) is 39.8 Å². The first-order valence-corrected chi connectivity index (χ1v) is 7.53. The average molecular weight is 293 g/mol. The maximum atomic E-state index is 10.4. The molecule has 0 saturated heterocycles. The molecule has 0 spiro atoms.